The predicted octanol–water partition coefficient (Wildman–Crippen LogP) is 4.77. The summed E-state index contributed by atoms with van der Waals surface area (Å²) in [5.74, 6) is -1.61. The number of nitrogens with zero attached hydrogens (tertiary/aromatic N) is 2. The first kappa shape index (κ1) is 20.7. The van der Waals surface area contributed by atoms with E-state index >= 15 is 0 Å². The molecule has 2 aromatic carbocycles. The molecule has 0 saturated carbocycles. The van der Waals surface area contributed by atoms with Crippen molar-refractivity contribution in [2.24, 2.45) is 0 Å². The van der Waals surface area contributed by atoms with Gasteiger partial charge in [0.2, 0.25) is 5.78 Å². The van der Waals surface area contributed by atoms with Gasteiger partial charge in [0, 0.05) is 5.56 Å². The smallest absolute Gasteiger partial charge is 0.343 e. The molecular weight excluding hydrogens is 395 g/mol. The Kier molecular flexibility index (Phi) is 6.13. The van der Waals surface area contributed by atoms with Crippen molar-refractivity contribution in [3.05, 3.63) is 87.4 Å². The SMILES string of the molecule is Cc1ccc(Cn2nc(C)c(C(=O)OC(C)C(=O)c3ccc(F)cc3)c2Cl)cc1. The van der Waals surface area contributed by atoms with Crippen LogP contribution in [0.4, 0.5) is 4.39 Å². The lowest BCUT2D eigenvalue weighted by Gasteiger charge is -2.12. The van der Waals surface area contributed by atoms with Crippen molar-refractivity contribution in [1.29, 1.82) is 0 Å². The quantitative estimate of drug-likeness (QED) is 0.430. The molecule has 0 aliphatic carbocycles. The third-order valence-corrected chi connectivity index (χ3v) is 4.89. The molecule has 0 amide bonds. The summed E-state index contributed by atoms with van der Waals surface area (Å²) in [5, 5.41) is 4.47. The number of hydrogen-bond donors (Lipinski definition) is 0. The van der Waals surface area contributed by atoms with Crippen molar-refractivity contribution in [3.8, 4) is 0 Å². The monoisotopic (exact) mass is 414 g/mol. The van der Waals surface area contributed by atoms with Crippen molar-refractivity contribution in [3.63, 3.8) is 0 Å². The van der Waals surface area contributed by atoms with E-state index in [0.717, 1.165) is 11.1 Å². The van der Waals surface area contributed by atoms with Crippen LogP contribution in [0.3, 0.4) is 0 Å². The molecule has 1 heterocycles. The summed E-state index contributed by atoms with van der Waals surface area (Å²) in [4.78, 5) is 25.0. The van der Waals surface area contributed by atoms with Gasteiger partial charge in [-0.1, -0.05) is 41.4 Å². The van der Waals surface area contributed by atoms with E-state index in [2.05, 4.69) is 5.10 Å². The maximum atomic E-state index is 13.0. The lowest BCUT2D eigenvalue weighted by atomic mass is 10.1. The van der Waals surface area contributed by atoms with E-state index in [-0.39, 0.29) is 16.3 Å². The zero-order chi connectivity index (χ0) is 21.1. The van der Waals surface area contributed by atoms with Gasteiger partial charge >= 0.3 is 5.97 Å². The maximum Gasteiger partial charge on any atom is 0.343 e. The number of aryl methyl sites for hydroxylation is 2. The van der Waals surface area contributed by atoms with Crippen molar-refractivity contribution >= 4 is 23.4 Å². The molecule has 29 heavy (non-hydrogen) atoms. The lowest BCUT2D eigenvalue weighted by Crippen LogP contribution is -2.24. The Hall–Kier alpha value is -2.99. The van der Waals surface area contributed by atoms with Crippen LogP contribution < -0.4 is 0 Å². The van der Waals surface area contributed by atoms with Crippen molar-refractivity contribution in [1.82, 2.24) is 9.78 Å². The van der Waals surface area contributed by atoms with E-state index in [1.165, 1.54) is 35.9 Å². The van der Waals surface area contributed by atoms with E-state index in [4.69, 9.17) is 16.3 Å². The van der Waals surface area contributed by atoms with E-state index in [1.54, 1.807) is 6.92 Å². The molecule has 0 radical (unpaired) electrons. The van der Waals surface area contributed by atoms with Gasteiger partial charge in [-0.15, -0.1) is 0 Å². The average molecular weight is 415 g/mol. The number of esters is 1. The van der Waals surface area contributed by atoms with Crippen LogP contribution in [0.2, 0.25) is 5.15 Å². The van der Waals surface area contributed by atoms with Crippen molar-refractivity contribution in [2.45, 2.75) is 33.4 Å². The summed E-state index contributed by atoms with van der Waals surface area (Å²) in [6, 6.07) is 12.9. The standard InChI is InChI=1S/C22H20ClFN2O3/c1-13-4-6-16(7-5-13)12-26-21(23)19(14(2)25-26)22(28)29-15(3)20(27)17-8-10-18(24)11-9-17/h4-11,15H,12H2,1-3H3. The summed E-state index contributed by atoms with van der Waals surface area (Å²) >= 11 is 6.38. The van der Waals surface area contributed by atoms with E-state index in [1.807, 2.05) is 31.2 Å². The zero-order valence-corrected chi connectivity index (χ0v) is 17.0. The molecule has 1 atom stereocenters. The molecule has 1 aromatic heterocycles. The first-order valence-corrected chi connectivity index (χ1v) is 9.43. The molecule has 0 saturated heterocycles. The minimum absolute atomic E-state index is 0.123. The van der Waals surface area contributed by atoms with Gasteiger partial charge in [-0.25, -0.2) is 13.9 Å². The van der Waals surface area contributed by atoms with Crippen LogP contribution in [0.25, 0.3) is 0 Å². The number of rotatable bonds is 6. The number of Topliss-reactive ketones (excluding diaryl/α,β-unsaturated/α-hetero) is 1. The first-order chi connectivity index (χ1) is 13.8. The predicted molar refractivity (Wildman–Crippen MR) is 108 cm³/mol. The Morgan fingerprint density at radius 2 is 1.72 bits per heavy atom. The summed E-state index contributed by atoms with van der Waals surface area (Å²) in [7, 11) is 0. The van der Waals surface area contributed by atoms with Crippen LogP contribution in [0.1, 0.15) is 44.5 Å². The van der Waals surface area contributed by atoms with E-state index < -0.39 is 23.7 Å². The Labute approximate surface area is 173 Å². The van der Waals surface area contributed by atoms with E-state index in [9.17, 15) is 14.0 Å². The van der Waals surface area contributed by atoms with Gasteiger partial charge in [0.1, 0.15) is 16.5 Å². The number of benzene rings is 2. The third kappa shape index (κ3) is 4.71. The molecule has 7 heteroatoms. The number of ketones is 1. The molecule has 0 fully saturated rings. The second-order valence-corrected chi connectivity index (χ2v) is 7.17. The normalized spacial score (nSPS) is 11.9. The second-order valence-electron chi connectivity index (χ2n) is 6.81. The number of ether oxygens (including phenoxy) is 1. The minimum atomic E-state index is -1.05. The highest BCUT2D eigenvalue weighted by Crippen LogP contribution is 2.23. The van der Waals surface area contributed by atoms with Gasteiger partial charge < -0.3 is 4.74 Å². The number of hydrogen-bond acceptors (Lipinski definition) is 4. The van der Waals surface area contributed by atoms with Gasteiger partial charge in [-0.3, -0.25) is 4.79 Å². The molecule has 0 aliphatic heterocycles. The molecule has 0 aliphatic rings. The summed E-state index contributed by atoms with van der Waals surface area (Å²) in [5.41, 5.74) is 2.91. The van der Waals surface area contributed by atoms with Crippen LogP contribution in [0.5, 0.6) is 0 Å². The van der Waals surface area contributed by atoms with Gasteiger partial charge in [-0.2, -0.15) is 5.10 Å². The molecule has 3 aromatic rings. The lowest BCUT2D eigenvalue weighted by molar-refractivity contribution is 0.0318. The van der Waals surface area contributed by atoms with Gasteiger partial charge in [-0.05, 0) is 50.6 Å². The van der Waals surface area contributed by atoms with Gasteiger partial charge in [0.05, 0.1) is 12.2 Å². The molecule has 0 N–H and O–H groups in total. The average Bonchev–Trinajstić information content (AvgIpc) is 2.96. The van der Waals surface area contributed by atoms with Crippen molar-refractivity contribution in [2.75, 3.05) is 0 Å². The fourth-order valence-corrected chi connectivity index (χ4v) is 3.19. The van der Waals surface area contributed by atoms with Crippen LogP contribution in [-0.2, 0) is 11.3 Å². The summed E-state index contributed by atoms with van der Waals surface area (Å²) in [6.07, 6.45) is -1.05. The Morgan fingerprint density at radius 3 is 2.34 bits per heavy atom. The number of halogens is 2. The number of carbonyl (C=O) groups excluding carboxylic acids is 2. The van der Waals surface area contributed by atoms with Gasteiger partial charge in [0.25, 0.3) is 0 Å². The molecule has 0 bridgehead atoms. The molecule has 1 unspecified atom stereocenters. The fraction of sp³-hybridized carbons (Fsp3) is 0.227. The Bertz CT molecular complexity index is 1040. The third-order valence-electron chi connectivity index (χ3n) is 4.50. The molecule has 150 valence electrons. The molecule has 5 nitrogen and oxygen atoms in total. The second kappa shape index (κ2) is 8.57. The first-order valence-electron chi connectivity index (χ1n) is 9.05. The zero-order valence-electron chi connectivity index (χ0n) is 16.3. The Morgan fingerprint density at radius 1 is 1.10 bits per heavy atom. The topological polar surface area (TPSA) is 61.2 Å². The highest BCUT2D eigenvalue weighted by Gasteiger charge is 2.26. The van der Waals surface area contributed by atoms with Crippen LogP contribution in [-0.4, -0.2) is 27.6 Å². The Balaban J connectivity index is 1.75. The molecule has 3 rings (SSSR count). The highest BCUT2D eigenvalue weighted by molar-refractivity contribution is 6.32. The minimum Gasteiger partial charge on any atom is -0.451 e. The van der Waals surface area contributed by atoms with Gasteiger partial charge in [0.15, 0.2) is 6.10 Å². The number of carbonyl (C=O) groups is 2. The summed E-state index contributed by atoms with van der Waals surface area (Å²) < 4.78 is 19.9. The maximum absolute atomic E-state index is 13.0. The van der Waals surface area contributed by atoms with E-state index in [0.29, 0.717) is 12.2 Å². The highest BCUT2D eigenvalue weighted by atomic mass is 35.5. The fourth-order valence-electron chi connectivity index (χ4n) is 2.88. The van der Waals surface area contributed by atoms with Crippen LogP contribution >= 0.6 is 11.6 Å². The largest absolute Gasteiger partial charge is 0.451 e. The molecular formula is C22H20ClFN2O3. The van der Waals surface area contributed by atoms with Crippen molar-refractivity contribution < 1.29 is 18.7 Å². The molecule has 0 spiro atoms. The number of aromatic nitrogens is 2. The van der Waals surface area contributed by atoms with Crippen LogP contribution in [0.15, 0.2) is 48.5 Å². The van der Waals surface area contributed by atoms with Crippen LogP contribution in [0, 0.1) is 19.7 Å². The summed E-state index contributed by atoms with van der Waals surface area (Å²) in [6.45, 7) is 5.51.